The van der Waals surface area contributed by atoms with E-state index in [1.165, 1.54) is 16.7 Å². The van der Waals surface area contributed by atoms with Crippen molar-refractivity contribution < 1.29 is 23.9 Å². The Kier molecular flexibility index (Phi) is 7.24. The fourth-order valence-corrected chi connectivity index (χ4v) is 5.34. The fraction of sp³-hybridized carbons (Fsp3) is 0.500. The molecular formula is C18H18Cl4N2O5S. The molecule has 30 heavy (non-hydrogen) atoms. The second kappa shape index (κ2) is 9.20. The number of nitrogens with one attached hydrogen (secondary N) is 1. The van der Waals surface area contributed by atoms with E-state index < -0.39 is 50.4 Å². The van der Waals surface area contributed by atoms with Crippen LogP contribution in [0.1, 0.15) is 6.92 Å². The summed E-state index contributed by atoms with van der Waals surface area (Å²) in [5.41, 5.74) is 0. The van der Waals surface area contributed by atoms with Gasteiger partial charge in [0.05, 0.1) is 4.75 Å². The van der Waals surface area contributed by atoms with Crippen LogP contribution in [0.4, 0.5) is 0 Å². The molecule has 2 aliphatic heterocycles. The van der Waals surface area contributed by atoms with Crippen LogP contribution in [0.3, 0.4) is 0 Å². The number of β-lactam (4-membered cyclic amide) rings is 1. The predicted molar refractivity (Wildman–Crippen MR) is 116 cm³/mol. The number of hydrogen-bond acceptors (Lipinski definition) is 6. The minimum absolute atomic E-state index is 0.0727. The summed E-state index contributed by atoms with van der Waals surface area (Å²) in [5, 5.41) is 2.19. The summed E-state index contributed by atoms with van der Waals surface area (Å²) in [6, 6.07) is 7.07. The van der Waals surface area contributed by atoms with Crippen LogP contribution in [0.15, 0.2) is 30.3 Å². The molecule has 4 atom stereocenters. The number of carbonyl (C=O) groups excluding carboxylic acids is 3. The van der Waals surface area contributed by atoms with Gasteiger partial charge in [0.2, 0.25) is 9.70 Å². The van der Waals surface area contributed by atoms with Crippen molar-refractivity contribution in [1.29, 1.82) is 0 Å². The second-order valence-electron chi connectivity index (χ2n) is 6.97. The van der Waals surface area contributed by atoms with Gasteiger partial charge in [-0.1, -0.05) is 53.0 Å². The molecule has 2 saturated heterocycles. The molecule has 1 aromatic rings. The Morgan fingerprint density at radius 2 is 1.93 bits per heavy atom. The van der Waals surface area contributed by atoms with Crippen molar-refractivity contribution in [3.63, 3.8) is 0 Å². The molecule has 0 aliphatic carbocycles. The zero-order valence-corrected chi connectivity index (χ0v) is 19.5. The first kappa shape index (κ1) is 23.6. The van der Waals surface area contributed by atoms with Gasteiger partial charge in [-0.05, 0) is 19.1 Å². The number of esters is 1. The summed E-state index contributed by atoms with van der Waals surface area (Å²) in [5.74, 6) is -0.970. The minimum atomic E-state index is -1.77. The van der Waals surface area contributed by atoms with Crippen molar-refractivity contribution in [3.8, 4) is 5.75 Å². The number of amides is 2. The fourth-order valence-electron chi connectivity index (χ4n) is 3.23. The molecule has 0 spiro atoms. The van der Waals surface area contributed by atoms with E-state index in [1.54, 1.807) is 31.2 Å². The molecule has 0 unspecified atom stereocenters. The van der Waals surface area contributed by atoms with Gasteiger partial charge in [-0.25, -0.2) is 4.79 Å². The SMILES string of the molecule is C[C@@]1(CCl)S[C@H]2[C@H](NC(=O)COc3ccccc3)C(=O)N2[C@H]1C(=O)OCC(Cl)(Cl)Cl. The summed E-state index contributed by atoms with van der Waals surface area (Å²) >= 11 is 24.3. The van der Waals surface area contributed by atoms with E-state index in [4.69, 9.17) is 55.9 Å². The Balaban J connectivity index is 1.62. The Hall–Kier alpha value is -1.06. The number of nitrogens with zero attached hydrogens (tertiary/aromatic N) is 1. The molecule has 2 aliphatic rings. The van der Waals surface area contributed by atoms with E-state index in [-0.39, 0.29) is 12.5 Å². The first-order valence-corrected chi connectivity index (χ1v) is 11.4. The van der Waals surface area contributed by atoms with Gasteiger partial charge in [0, 0.05) is 5.88 Å². The van der Waals surface area contributed by atoms with Crippen LogP contribution in [0, 0.1) is 0 Å². The van der Waals surface area contributed by atoms with E-state index in [0.29, 0.717) is 5.75 Å². The van der Waals surface area contributed by atoms with Gasteiger partial charge in [0.25, 0.3) is 5.91 Å². The summed E-state index contributed by atoms with van der Waals surface area (Å²) in [7, 11) is 0. The lowest BCUT2D eigenvalue weighted by Crippen LogP contribution is -2.71. The highest BCUT2D eigenvalue weighted by Gasteiger charge is 2.65. The van der Waals surface area contributed by atoms with Crippen molar-refractivity contribution in [1.82, 2.24) is 10.2 Å². The Labute approximate surface area is 197 Å². The topological polar surface area (TPSA) is 84.9 Å². The quantitative estimate of drug-likeness (QED) is 0.341. The van der Waals surface area contributed by atoms with Gasteiger partial charge in [-0.15, -0.1) is 23.4 Å². The van der Waals surface area contributed by atoms with E-state index in [2.05, 4.69) is 5.32 Å². The van der Waals surface area contributed by atoms with E-state index >= 15 is 0 Å². The summed E-state index contributed by atoms with van der Waals surface area (Å²) in [6.07, 6.45) is 0. The average molecular weight is 516 g/mol. The highest BCUT2D eigenvalue weighted by Crippen LogP contribution is 2.51. The number of hydrogen-bond donors (Lipinski definition) is 1. The third-order valence-electron chi connectivity index (χ3n) is 4.62. The first-order valence-electron chi connectivity index (χ1n) is 8.82. The van der Waals surface area contributed by atoms with Crippen molar-refractivity contribution in [2.75, 3.05) is 19.1 Å². The number of ether oxygens (including phenoxy) is 2. The molecule has 1 aromatic carbocycles. The van der Waals surface area contributed by atoms with Crippen LogP contribution in [0.25, 0.3) is 0 Å². The molecule has 0 bridgehead atoms. The standard InChI is InChI=1S/C18H18Cl4N2O5S/c1-17(8-19)13(16(27)29-9-18(20,21)22)24-14(26)12(15(24)30-17)23-11(25)7-28-10-5-3-2-4-6-10/h2-6,12-13,15H,7-9H2,1H3,(H,23,25)/t12-,13+,15+,17+/m1/s1. The summed E-state index contributed by atoms with van der Waals surface area (Å²) in [4.78, 5) is 38.9. The van der Waals surface area contributed by atoms with Gasteiger partial charge < -0.3 is 19.7 Å². The number of carbonyl (C=O) groups is 3. The van der Waals surface area contributed by atoms with E-state index in [9.17, 15) is 14.4 Å². The monoisotopic (exact) mass is 514 g/mol. The third kappa shape index (κ3) is 5.05. The molecule has 7 nitrogen and oxygen atoms in total. The zero-order chi connectivity index (χ0) is 22.1. The van der Waals surface area contributed by atoms with E-state index in [0.717, 1.165) is 0 Å². The maximum atomic E-state index is 12.7. The number of benzene rings is 1. The lowest BCUT2D eigenvalue weighted by Gasteiger charge is -2.44. The molecule has 0 saturated carbocycles. The Bertz CT molecular complexity index is 825. The van der Waals surface area contributed by atoms with Crippen LogP contribution in [0.5, 0.6) is 5.75 Å². The molecule has 0 radical (unpaired) electrons. The van der Waals surface area contributed by atoms with Crippen LogP contribution in [0.2, 0.25) is 0 Å². The van der Waals surface area contributed by atoms with Gasteiger partial charge >= 0.3 is 5.97 Å². The van der Waals surface area contributed by atoms with Crippen LogP contribution >= 0.6 is 58.2 Å². The molecule has 2 heterocycles. The Morgan fingerprint density at radius 1 is 1.27 bits per heavy atom. The van der Waals surface area contributed by atoms with Gasteiger partial charge in [0.15, 0.2) is 6.61 Å². The molecule has 0 aromatic heterocycles. The van der Waals surface area contributed by atoms with Crippen molar-refractivity contribution in [2.24, 2.45) is 0 Å². The number of thioether (sulfide) groups is 1. The highest BCUT2D eigenvalue weighted by atomic mass is 35.6. The second-order valence-corrected chi connectivity index (χ2v) is 11.4. The number of alkyl halides is 4. The molecular weight excluding hydrogens is 498 g/mol. The zero-order valence-electron chi connectivity index (χ0n) is 15.6. The number of halogens is 4. The number of fused-ring (bicyclic) bond motifs is 1. The number of rotatable bonds is 7. The van der Waals surface area contributed by atoms with Crippen LogP contribution < -0.4 is 10.1 Å². The molecule has 164 valence electrons. The van der Waals surface area contributed by atoms with Crippen LogP contribution in [-0.2, 0) is 19.1 Å². The first-order chi connectivity index (χ1) is 14.1. The average Bonchev–Trinajstić information content (AvgIpc) is 2.99. The maximum absolute atomic E-state index is 12.7. The van der Waals surface area contributed by atoms with E-state index in [1.807, 2.05) is 6.07 Å². The van der Waals surface area contributed by atoms with Crippen molar-refractivity contribution in [2.45, 2.75) is 32.9 Å². The lowest BCUT2D eigenvalue weighted by atomic mass is 9.96. The molecule has 2 amide bonds. The number of para-hydroxylation sites is 1. The minimum Gasteiger partial charge on any atom is -0.484 e. The Morgan fingerprint density at radius 3 is 2.53 bits per heavy atom. The largest absolute Gasteiger partial charge is 0.484 e. The lowest BCUT2D eigenvalue weighted by molar-refractivity contribution is -0.164. The maximum Gasteiger partial charge on any atom is 0.330 e. The highest BCUT2D eigenvalue weighted by molar-refractivity contribution is 8.01. The molecule has 1 N–H and O–H groups in total. The van der Waals surface area contributed by atoms with Gasteiger partial charge in [-0.3, -0.25) is 9.59 Å². The van der Waals surface area contributed by atoms with Crippen molar-refractivity contribution in [3.05, 3.63) is 30.3 Å². The van der Waals surface area contributed by atoms with Gasteiger partial charge in [-0.2, -0.15) is 0 Å². The molecule has 2 fully saturated rings. The third-order valence-corrected chi connectivity index (χ3v) is 7.31. The summed E-state index contributed by atoms with van der Waals surface area (Å²) in [6.45, 7) is 1.04. The molecule has 3 rings (SSSR count). The molecule has 12 heteroatoms. The van der Waals surface area contributed by atoms with Crippen LogP contribution in [-0.4, -0.2) is 67.8 Å². The van der Waals surface area contributed by atoms with Crippen molar-refractivity contribution >= 4 is 75.9 Å². The summed E-state index contributed by atoms with van der Waals surface area (Å²) < 4.78 is 7.88. The van der Waals surface area contributed by atoms with Gasteiger partial charge in [0.1, 0.15) is 29.8 Å². The smallest absolute Gasteiger partial charge is 0.330 e. The predicted octanol–water partition coefficient (Wildman–Crippen LogP) is 2.74. The normalized spacial score (nSPS) is 27.8.